The van der Waals surface area contributed by atoms with E-state index in [-0.39, 0.29) is 27.6 Å². The number of fused-ring (bicyclic) bond motifs is 10. The van der Waals surface area contributed by atoms with E-state index in [4.69, 9.17) is 4.42 Å². The number of furan rings is 1. The minimum Gasteiger partial charge on any atom is -0.456 e. The third kappa shape index (κ3) is 10.2. The number of anilines is 6. The molecule has 0 saturated heterocycles. The second-order valence-corrected chi connectivity index (χ2v) is 31.7. The van der Waals surface area contributed by atoms with Crippen LogP contribution in [-0.4, -0.2) is 4.57 Å². The highest BCUT2D eigenvalue weighted by molar-refractivity contribution is 6.23. The molecule has 4 heteroatoms. The molecule has 99 heavy (non-hydrogen) atoms. The molecule has 2 aromatic heterocycles. The van der Waals surface area contributed by atoms with E-state index in [2.05, 4.69) is 377 Å². The Bertz CT molecular complexity index is 5660. The maximum absolute atomic E-state index is 7.10. The second kappa shape index (κ2) is 22.8. The molecule has 2 aliphatic heterocycles. The van der Waals surface area contributed by atoms with Gasteiger partial charge in [-0.2, -0.15) is 0 Å². The first-order valence-corrected chi connectivity index (χ1v) is 35.3. The van der Waals surface area contributed by atoms with Gasteiger partial charge in [0.1, 0.15) is 11.2 Å². The fourth-order valence-electron chi connectivity index (χ4n) is 16.0. The van der Waals surface area contributed by atoms with Crippen molar-refractivity contribution < 1.29 is 4.42 Å². The van der Waals surface area contributed by atoms with Crippen LogP contribution in [0.1, 0.15) is 128 Å². The van der Waals surface area contributed by atoms with Crippen LogP contribution in [0.5, 0.6) is 0 Å². The van der Waals surface area contributed by atoms with Gasteiger partial charge in [-0.1, -0.05) is 295 Å². The number of nitrogens with zero attached hydrogens (tertiary/aromatic N) is 3. The fourth-order valence-corrected chi connectivity index (χ4v) is 16.0. The highest BCUT2D eigenvalue weighted by Crippen LogP contribution is 2.66. The summed E-state index contributed by atoms with van der Waals surface area (Å²) in [5.74, 6) is -0.230. The molecule has 0 amide bonds. The number of para-hydroxylation sites is 3. The van der Waals surface area contributed by atoms with Gasteiger partial charge in [0.2, 0.25) is 0 Å². The van der Waals surface area contributed by atoms with E-state index < -0.39 is 0 Å². The average molecular weight is 1280 g/mol. The number of aromatic nitrogens is 1. The van der Waals surface area contributed by atoms with Crippen LogP contribution in [0.25, 0.3) is 105 Å². The molecular formula is C95H83N3O. The van der Waals surface area contributed by atoms with Crippen LogP contribution in [-0.2, 0) is 21.7 Å². The average Bonchev–Trinajstić information content (AvgIpc) is 1.25. The van der Waals surface area contributed by atoms with Gasteiger partial charge in [0.25, 0.3) is 0 Å². The Labute approximate surface area is 583 Å². The zero-order valence-electron chi connectivity index (χ0n) is 58.9. The van der Waals surface area contributed by atoms with E-state index in [0.717, 1.165) is 106 Å². The van der Waals surface area contributed by atoms with Gasteiger partial charge in [-0.05, 0) is 155 Å². The molecule has 15 aromatic rings. The summed E-state index contributed by atoms with van der Waals surface area (Å²) in [5, 5.41) is 4.57. The highest BCUT2D eigenvalue weighted by atomic mass is 16.3. The van der Waals surface area contributed by atoms with Crippen molar-refractivity contribution >= 4 is 77.9 Å². The molecule has 2 aliphatic rings. The van der Waals surface area contributed by atoms with Crippen molar-refractivity contribution in [2.45, 2.75) is 111 Å². The van der Waals surface area contributed by atoms with Crippen LogP contribution in [0.2, 0.25) is 0 Å². The summed E-state index contributed by atoms with van der Waals surface area (Å²) < 4.78 is 9.60. The summed E-state index contributed by atoms with van der Waals surface area (Å²) in [5.41, 5.74) is 31.6. The van der Waals surface area contributed by atoms with E-state index in [9.17, 15) is 0 Å². The van der Waals surface area contributed by atoms with E-state index in [1.54, 1.807) is 0 Å². The van der Waals surface area contributed by atoms with Crippen molar-refractivity contribution in [1.29, 1.82) is 0 Å². The minimum atomic E-state index is -0.328. The predicted molar refractivity (Wildman–Crippen MR) is 420 cm³/mol. The molecule has 0 spiro atoms. The molecular weight excluding hydrogens is 1200 g/mol. The van der Waals surface area contributed by atoms with Crippen LogP contribution in [0.3, 0.4) is 0 Å². The molecule has 0 fully saturated rings. The molecule has 4 heterocycles. The van der Waals surface area contributed by atoms with Gasteiger partial charge in [0, 0.05) is 61.0 Å². The number of benzene rings is 13. The fraction of sp³-hybridized carbons (Fsp3) is 0.179. The Morgan fingerprint density at radius 1 is 0.293 bits per heavy atom. The van der Waals surface area contributed by atoms with Crippen molar-refractivity contribution in [1.82, 2.24) is 4.57 Å². The molecule has 0 bridgehead atoms. The first-order chi connectivity index (χ1) is 47.7. The van der Waals surface area contributed by atoms with E-state index in [1.807, 2.05) is 0 Å². The first-order valence-electron chi connectivity index (χ1n) is 35.3. The molecule has 17 rings (SSSR count). The van der Waals surface area contributed by atoms with Crippen molar-refractivity contribution in [3.63, 3.8) is 0 Å². The molecule has 484 valence electrons. The topological polar surface area (TPSA) is 24.6 Å². The summed E-state index contributed by atoms with van der Waals surface area (Å²) in [7, 11) is 0. The van der Waals surface area contributed by atoms with Gasteiger partial charge in [0.15, 0.2) is 0 Å². The standard InChI is InChI=1S/C95H83N3O/c1-92(2,3)65-47-48-71-78(54-65)98(90-73(59-32-18-13-19-33-59)57-81-87(84(90)61-36-22-15-23-37-61)70-42-28-30-44-76(70)96(81)69-40-26-17-27-41-69)80-56-68(95(10,11)12)55-79-89(80)86(71)75-52-63(64-50-66(93(4,5)6)53-67(51-64)94(7,8)9)46-49-77(75)97(79)91-74(60-34-20-14-21-35-60)58-83-88(72-43-29-31-45-82(72)99-83)85(91)62-38-24-16-25-39-62/h13-58,86H,1-12H3. The van der Waals surface area contributed by atoms with Gasteiger partial charge in [-0.25, -0.2) is 0 Å². The molecule has 13 aromatic carbocycles. The van der Waals surface area contributed by atoms with E-state index in [0.29, 0.717) is 0 Å². The van der Waals surface area contributed by atoms with Gasteiger partial charge >= 0.3 is 0 Å². The lowest BCUT2D eigenvalue weighted by molar-refractivity contribution is 0.569. The van der Waals surface area contributed by atoms with Gasteiger partial charge in [0.05, 0.1) is 45.2 Å². The lowest BCUT2D eigenvalue weighted by Gasteiger charge is -2.47. The van der Waals surface area contributed by atoms with Crippen LogP contribution in [0, 0.1) is 0 Å². The quantitative estimate of drug-likeness (QED) is 0.152. The Kier molecular flexibility index (Phi) is 14.2. The molecule has 0 N–H and O–H groups in total. The number of hydrogen-bond donors (Lipinski definition) is 0. The van der Waals surface area contributed by atoms with Crippen molar-refractivity contribution in [3.05, 3.63) is 318 Å². The Morgan fingerprint density at radius 2 is 0.758 bits per heavy atom. The Balaban J connectivity index is 1.09. The Morgan fingerprint density at radius 3 is 1.32 bits per heavy atom. The maximum Gasteiger partial charge on any atom is 0.136 e. The zero-order chi connectivity index (χ0) is 68.0. The smallest absolute Gasteiger partial charge is 0.136 e. The van der Waals surface area contributed by atoms with Crippen LogP contribution in [0.4, 0.5) is 34.1 Å². The first kappa shape index (κ1) is 61.6. The normalized spacial score (nSPS) is 13.9. The predicted octanol–water partition coefficient (Wildman–Crippen LogP) is 27.0. The summed E-state index contributed by atoms with van der Waals surface area (Å²) in [6, 6.07) is 106. The molecule has 4 nitrogen and oxygen atoms in total. The number of rotatable bonds is 8. The molecule has 0 radical (unpaired) electrons. The summed E-state index contributed by atoms with van der Waals surface area (Å²) in [6.07, 6.45) is 0. The lowest BCUT2D eigenvalue weighted by Crippen LogP contribution is -2.31. The maximum atomic E-state index is 7.10. The third-order valence-corrected chi connectivity index (χ3v) is 21.1. The molecule has 1 atom stereocenters. The number of hydrogen-bond acceptors (Lipinski definition) is 3. The molecule has 0 saturated carbocycles. The summed E-state index contributed by atoms with van der Waals surface area (Å²) >= 11 is 0. The van der Waals surface area contributed by atoms with Gasteiger partial charge in [-0.3, -0.25) is 0 Å². The Hall–Kier alpha value is -10.9. The van der Waals surface area contributed by atoms with Gasteiger partial charge < -0.3 is 18.8 Å². The van der Waals surface area contributed by atoms with Gasteiger partial charge in [-0.15, -0.1) is 0 Å². The van der Waals surface area contributed by atoms with E-state index in [1.165, 1.54) is 72.1 Å². The molecule has 1 unspecified atom stereocenters. The highest BCUT2D eigenvalue weighted by Gasteiger charge is 2.45. The van der Waals surface area contributed by atoms with E-state index >= 15 is 0 Å². The summed E-state index contributed by atoms with van der Waals surface area (Å²) in [6.45, 7) is 28.4. The summed E-state index contributed by atoms with van der Waals surface area (Å²) in [4.78, 5) is 5.47. The van der Waals surface area contributed by atoms with Crippen molar-refractivity contribution in [2.75, 3.05) is 9.80 Å². The van der Waals surface area contributed by atoms with Crippen LogP contribution in [0.15, 0.2) is 283 Å². The SMILES string of the molecule is CC(C)(C)c1cc(-c2ccc3c(c2)C2c4ccc(C(C)(C)C)cc4N(c4c(-c5ccccc5)cc5c(c4-c4ccccc4)c4ccccc4n5-c4ccccc4)c4cc(C(C)(C)C)cc(c42)N3c2c(-c3ccccc3)cc3oc4ccccc4c3c2-c2ccccc2)cc(C(C)(C)C)c1. The largest absolute Gasteiger partial charge is 0.456 e. The molecule has 0 aliphatic carbocycles. The third-order valence-electron chi connectivity index (χ3n) is 21.1. The monoisotopic (exact) mass is 1280 g/mol. The van der Waals surface area contributed by atoms with Crippen LogP contribution < -0.4 is 9.80 Å². The lowest BCUT2D eigenvalue weighted by atomic mass is 9.72. The van der Waals surface area contributed by atoms with Crippen molar-refractivity contribution in [3.8, 4) is 61.3 Å². The minimum absolute atomic E-state index is 0.0929. The zero-order valence-corrected chi connectivity index (χ0v) is 58.9. The van der Waals surface area contributed by atoms with Crippen molar-refractivity contribution in [2.24, 2.45) is 0 Å². The second-order valence-electron chi connectivity index (χ2n) is 31.7. The van der Waals surface area contributed by atoms with Crippen LogP contribution >= 0.6 is 0 Å².